The number of pyridine rings is 1. The number of aromatic nitrogens is 3. The number of aromatic hydroxyl groups is 1. The van der Waals surface area contributed by atoms with Crippen molar-refractivity contribution in [1.82, 2.24) is 15.1 Å². The molecule has 0 radical (unpaired) electrons. The molecule has 3 rings (SSSR count). The standard InChI is InChI=1S/C14H10FN3O2/c1-8-7-16-5-4-10(8)13-17-14(20-18-13)11-6-9(15)2-3-12(11)19/h2-7,19H,1H3. The van der Waals surface area contributed by atoms with Crippen LogP contribution in [0.1, 0.15) is 5.56 Å². The van der Waals surface area contributed by atoms with Crippen molar-refractivity contribution in [3.63, 3.8) is 0 Å². The van der Waals surface area contributed by atoms with Crippen LogP contribution in [0.2, 0.25) is 0 Å². The van der Waals surface area contributed by atoms with E-state index in [4.69, 9.17) is 4.52 Å². The van der Waals surface area contributed by atoms with Crippen LogP contribution in [-0.4, -0.2) is 20.2 Å². The largest absolute Gasteiger partial charge is 0.507 e. The number of hydrogen-bond acceptors (Lipinski definition) is 5. The molecular formula is C14H10FN3O2. The van der Waals surface area contributed by atoms with Gasteiger partial charge in [0.1, 0.15) is 11.6 Å². The van der Waals surface area contributed by atoms with Gasteiger partial charge in [0.05, 0.1) is 5.56 Å². The molecule has 0 aliphatic rings. The molecular weight excluding hydrogens is 261 g/mol. The van der Waals surface area contributed by atoms with Crippen molar-refractivity contribution in [1.29, 1.82) is 0 Å². The Bertz CT molecular complexity index is 771. The van der Waals surface area contributed by atoms with E-state index in [2.05, 4.69) is 15.1 Å². The molecule has 0 saturated carbocycles. The maximum absolute atomic E-state index is 13.2. The van der Waals surface area contributed by atoms with Crippen LogP contribution < -0.4 is 0 Å². The molecule has 0 spiro atoms. The molecule has 100 valence electrons. The molecule has 0 fully saturated rings. The highest BCUT2D eigenvalue weighted by Gasteiger charge is 2.15. The van der Waals surface area contributed by atoms with Gasteiger partial charge in [-0.2, -0.15) is 4.98 Å². The minimum Gasteiger partial charge on any atom is -0.507 e. The van der Waals surface area contributed by atoms with Crippen molar-refractivity contribution in [2.45, 2.75) is 6.92 Å². The van der Waals surface area contributed by atoms with Gasteiger partial charge in [0.15, 0.2) is 0 Å². The summed E-state index contributed by atoms with van der Waals surface area (Å²) in [4.78, 5) is 8.17. The van der Waals surface area contributed by atoms with E-state index in [1.807, 2.05) is 6.92 Å². The van der Waals surface area contributed by atoms with E-state index in [9.17, 15) is 9.50 Å². The Hall–Kier alpha value is -2.76. The normalized spacial score (nSPS) is 10.7. The fraction of sp³-hybridized carbons (Fsp3) is 0.0714. The van der Waals surface area contributed by atoms with Gasteiger partial charge in [-0.1, -0.05) is 5.16 Å². The molecule has 0 aliphatic carbocycles. The Morgan fingerprint density at radius 2 is 2.05 bits per heavy atom. The fourth-order valence-electron chi connectivity index (χ4n) is 1.85. The number of hydrogen-bond donors (Lipinski definition) is 1. The van der Waals surface area contributed by atoms with Gasteiger partial charge in [0, 0.05) is 18.0 Å². The first kappa shape index (κ1) is 12.3. The molecule has 0 aliphatic heterocycles. The van der Waals surface area contributed by atoms with Crippen molar-refractivity contribution < 1.29 is 14.0 Å². The zero-order chi connectivity index (χ0) is 14.1. The van der Waals surface area contributed by atoms with Gasteiger partial charge < -0.3 is 9.63 Å². The van der Waals surface area contributed by atoms with Crippen LogP contribution in [0.25, 0.3) is 22.8 Å². The zero-order valence-electron chi connectivity index (χ0n) is 10.5. The van der Waals surface area contributed by atoms with E-state index in [1.54, 1.807) is 18.5 Å². The number of halogens is 1. The summed E-state index contributed by atoms with van der Waals surface area (Å²) in [5, 5.41) is 13.6. The first-order valence-electron chi connectivity index (χ1n) is 5.89. The summed E-state index contributed by atoms with van der Waals surface area (Å²) in [5.41, 5.74) is 1.82. The number of aryl methyl sites for hydroxylation is 1. The van der Waals surface area contributed by atoms with Crippen LogP contribution in [0.15, 0.2) is 41.2 Å². The monoisotopic (exact) mass is 271 g/mol. The number of phenolic OH excluding ortho intramolecular Hbond substituents is 1. The third kappa shape index (κ3) is 2.11. The van der Waals surface area contributed by atoms with Crippen LogP contribution in [0.4, 0.5) is 4.39 Å². The molecule has 1 aromatic carbocycles. The van der Waals surface area contributed by atoms with E-state index in [-0.39, 0.29) is 17.2 Å². The predicted octanol–water partition coefficient (Wildman–Crippen LogP) is 2.95. The number of rotatable bonds is 2. The van der Waals surface area contributed by atoms with Crippen LogP contribution in [-0.2, 0) is 0 Å². The molecule has 0 amide bonds. The average molecular weight is 271 g/mol. The zero-order valence-corrected chi connectivity index (χ0v) is 10.5. The van der Waals surface area contributed by atoms with E-state index in [0.29, 0.717) is 5.82 Å². The topological polar surface area (TPSA) is 72.0 Å². The Balaban J connectivity index is 2.07. The molecule has 5 nitrogen and oxygen atoms in total. The Kier molecular flexibility index (Phi) is 2.90. The SMILES string of the molecule is Cc1cnccc1-c1noc(-c2cc(F)ccc2O)n1. The third-order valence-corrected chi connectivity index (χ3v) is 2.88. The second-order valence-corrected chi connectivity index (χ2v) is 4.28. The van der Waals surface area contributed by atoms with Gasteiger partial charge in [-0.3, -0.25) is 4.98 Å². The molecule has 20 heavy (non-hydrogen) atoms. The summed E-state index contributed by atoms with van der Waals surface area (Å²) in [6, 6.07) is 5.30. The second-order valence-electron chi connectivity index (χ2n) is 4.28. The Morgan fingerprint density at radius 3 is 2.85 bits per heavy atom. The van der Waals surface area contributed by atoms with E-state index < -0.39 is 5.82 Å². The molecule has 2 aromatic heterocycles. The first-order valence-corrected chi connectivity index (χ1v) is 5.89. The summed E-state index contributed by atoms with van der Waals surface area (Å²) in [7, 11) is 0. The van der Waals surface area contributed by atoms with Crippen molar-refractivity contribution in [2.24, 2.45) is 0 Å². The van der Waals surface area contributed by atoms with E-state index in [1.165, 1.54) is 6.07 Å². The van der Waals surface area contributed by atoms with Crippen molar-refractivity contribution in [2.75, 3.05) is 0 Å². The highest BCUT2D eigenvalue weighted by Crippen LogP contribution is 2.30. The van der Waals surface area contributed by atoms with Gasteiger partial charge in [-0.05, 0) is 36.8 Å². The van der Waals surface area contributed by atoms with E-state index in [0.717, 1.165) is 23.3 Å². The van der Waals surface area contributed by atoms with Gasteiger partial charge in [0.25, 0.3) is 5.89 Å². The third-order valence-electron chi connectivity index (χ3n) is 2.88. The lowest BCUT2D eigenvalue weighted by Crippen LogP contribution is -1.87. The smallest absolute Gasteiger partial charge is 0.262 e. The van der Waals surface area contributed by atoms with Gasteiger partial charge in [0.2, 0.25) is 5.82 Å². The van der Waals surface area contributed by atoms with Crippen LogP contribution in [0, 0.1) is 12.7 Å². The minimum atomic E-state index is -0.488. The summed E-state index contributed by atoms with van der Waals surface area (Å²) in [6.07, 6.45) is 3.31. The number of phenols is 1. The Labute approximate surface area is 113 Å². The average Bonchev–Trinajstić information content (AvgIpc) is 2.91. The van der Waals surface area contributed by atoms with Gasteiger partial charge in [-0.15, -0.1) is 0 Å². The summed E-state index contributed by atoms with van der Waals surface area (Å²) < 4.78 is 18.3. The maximum atomic E-state index is 13.2. The summed E-state index contributed by atoms with van der Waals surface area (Å²) in [5.74, 6) is -0.178. The fourth-order valence-corrected chi connectivity index (χ4v) is 1.85. The maximum Gasteiger partial charge on any atom is 0.262 e. The summed E-state index contributed by atoms with van der Waals surface area (Å²) >= 11 is 0. The number of benzene rings is 1. The van der Waals surface area contributed by atoms with Crippen LogP contribution >= 0.6 is 0 Å². The van der Waals surface area contributed by atoms with Crippen molar-refractivity contribution in [3.8, 4) is 28.6 Å². The lowest BCUT2D eigenvalue weighted by Gasteiger charge is -1.99. The quantitative estimate of drug-likeness (QED) is 0.775. The van der Waals surface area contributed by atoms with E-state index >= 15 is 0 Å². The van der Waals surface area contributed by atoms with Crippen LogP contribution in [0.5, 0.6) is 5.75 Å². The highest BCUT2D eigenvalue weighted by molar-refractivity contribution is 5.65. The molecule has 0 saturated heterocycles. The summed E-state index contributed by atoms with van der Waals surface area (Å²) in [6.45, 7) is 1.87. The molecule has 2 heterocycles. The Morgan fingerprint density at radius 1 is 1.20 bits per heavy atom. The molecule has 0 bridgehead atoms. The number of nitrogens with zero attached hydrogens (tertiary/aromatic N) is 3. The molecule has 6 heteroatoms. The van der Waals surface area contributed by atoms with Crippen molar-refractivity contribution in [3.05, 3.63) is 48.0 Å². The highest BCUT2D eigenvalue weighted by atomic mass is 19.1. The van der Waals surface area contributed by atoms with Crippen LogP contribution in [0.3, 0.4) is 0 Å². The van der Waals surface area contributed by atoms with Gasteiger partial charge in [-0.25, -0.2) is 4.39 Å². The molecule has 0 unspecified atom stereocenters. The minimum absolute atomic E-state index is 0.0632. The lowest BCUT2D eigenvalue weighted by molar-refractivity contribution is 0.425. The lowest BCUT2D eigenvalue weighted by atomic mass is 10.1. The van der Waals surface area contributed by atoms with Gasteiger partial charge >= 0.3 is 0 Å². The molecule has 0 atom stereocenters. The predicted molar refractivity (Wildman–Crippen MR) is 69.3 cm³/mol. The van der Waals surface area contributed by atoms with Crippen molar-refractivity contribution >= 4 is 0 Å². The second kappa shape index (κ2) is 4.73. The molecule has 1 N–H and O–H groups in total. The first-order chi connectivity index (χ1) is 9.65. The molecule has 3 aromatic rings.